The molecule has 1 aliphatic heterocycles. The van der Waals surface area contributed by atoms with Gasteiger partial charge in [-0.1, -0.05) is 32.0 Å². The van der Waals surface area contributed by atoms with E-state index in [1.807, 2.05) is 59.7 Å². The summed E-state index contributed by atoms with van der Waals surface area (Å²) >= 11 is 0. The third-order valence-corrected chi connectivity index (χ3v) is 5.23. The molecule has 1 saturated heterocycles. The van der Waals surface area contributed by atoms with Crippen molar-refractivity contribution < 1.29 is 24.1 Å². The number of hydrogen-bond donors (Lipinski definition) is 1. The van der Waals surface area contributed by atoms with Crippen molar-refractivity contribution in [1.29, 1.82) is 0 Å². The van der Waals surface area contributed by atoms with Gasteiger partial charge in [0.05, 0.1) is 24.7 Å². The lowest BCUT2D eigenvalue weighted by Crippen LogP contribution is -2.51. The second-order valence-corrected chi connectivity index (χ2v) is 8.05. The summed E-state index contributed by atoms with van der Waals surface area (Å²) < 4.78 is 17.3. The van der Waals surface area contributed by atoms with Crippen LogP contribution >= 0.6 is 0 Å². The van der Waals surface area contributed by atoms with E-state index in [1.165, 1.54) is 0 Å². The van der Waals surface area contributed by atoms with Crippen LogP contribution in [-0.2, 0) is 14.3 Å². The first kappa shape index (κ1) is 20.9. The highest BCUT2D eigenvalue weighted by Gasteiger charge is 2.42. The average Bonchev–Trinajstić information content (AvgIpc) is 2.58. The maximum absolute atomic E-state index is 12.6. The number of aliphatic hydroxyl groups excluding tert-OH is 1. The largest absolute Gasteiger partial charge is 0.426 e. The van der Waals surface area contributed by atoms with E-state index in [4.69, 9.17) is 14.2 Å². The van der Waals surface area contributed by atoms with Gasteiger partial charge in [-0.3, -0.25) is 4.79 Å². The topological polar surface area (TPSA) is 65.0 Å². The Balaban J connectivity index is 2.07. The Bertz CT molecular complexity index is 619. The molecule has 1 N–H and O–H groups in total. The average molecular weight is 364 g/mol. The number of aliphatic hydroxyl groups is 1. The Kier molecular flexibility index (Phi) is 6.48. The van der Waals surface area contributed by atoms with Crippen LogP contribution in [-0.4, -0.2) is 35.7 Å². The zero-order valence-electron chi connectivity index (χ0n) is 16.9. The van der Waals surface area contributed by atoms with Crippen LogP contribution in [0, 0.1) is 31.6 Å². The maximum Gasteiger partial charge on any atom is 0.316 e. The minimum atomic E-state index is -0.867. The fraction of sp³-hybridized carbons (Fsp3) is 0.667. The van der Waals surface area contributed by atoms with Crippen molar-refractivity contribution in [3.63, 3.8) is 0 Å². The predicted octanol–water partition coefficient (Wildman–Crippen LogP) is 3.63. The Morgan fingerprint density at radius 2 is 1.85 bits per heavy atom. The first-order valence-corrected chi connectivity index (χ1v) is 9.31. The highest BCUT2D eigenvalue weighted by Crippen LogP contribution is 2.33. The zero-order chi connectivity index (χ0) is 19.6. The van der Waals surface area contributed by atoms with E-state index in [2.05, 4.69) is 0 Å². The lowest BCUT2D eigenvalue weighted by Gasteiger charge is -2.44. The molecule has 5 nitrogen and oxygen atoms in total. The van der Waals surface area contributed by atoms with Crippen molar-refractivity contribution in [3.8, 4) is 5.75 Å². The van der Waals surface area contributed by atoms with Gasteiger partial charge in [-0.25, -0.2) is 0 Å². The molecular weight excluding hydrogens is 332 g/mol. The Morgan fingerprint density at radius 3 is 2.42 bits per heavy atom. The number of rotatable bonds is 5. The second-order valence-electron chi connectivity index (χ2n) is 8.05. The first-order valence-electron chi connectivity index (χ1n) is 9.31. The number of hydrogen-bond acceptors (Lipinski definition) is 5. The minimum Gasteiger partial charge on any atom is -0.426 e. The highest BCUT2D eigenvalue weighted by molar-refractivity contribution is 5.76. The molecule has 0 unspecified atom stereocenters. The summed E-state index contributed by atoms with van der Waals surface area (Å²) in [6, 6.07) is 5.73. The molecule has 0 aromatic heterocycles. The summed E-state index contributed by atoms with van der Waals surface area (Å²) in [4.78, 5) is 12.6. The van der Waals surface area contributed by atoms with Crippen LogP contribution in [0.3, 0.4) is 0 Å². The maximum atomic E-state index is 12.6. The Labute approximate surface area is 156 Å². The zero-order valence-corrected chi connectivity index (χ0v) is 16.9. The number of aryl methyl sites for hydroxylation is 2. The van der Waals surface area contributed by atoms with Gasteiger partial charge in [0.2, 0.25) is 0 Å². The number of benzene rings is 1. The van der Waals surface area contributed by atoms with Crippen molar-refractivity contribution in [2.75, 3.05) is 6.61 Å². The molecule has 1 fully saturated rings. The van der Waals surface area contributed by atoms with Crippen LogP contribution in [0.4, 0.5) is 0 Å². The summed E-state index contributed by atoms with van der Waals surface area (Å²) in [6.45, 7) is 13.7. The predicted molar refractivity (Wildman–Crippen MR) is 100.0 cm³/mol. The van der Waals surface area contributed by atoms with Gasteiger partial charge < -0.3 is 19.3 Å². The monoisotopic (exact) mass is 364 g/mol. The number of para-hydroxylation sites is 1. The normalized spacial score (nSPS) is 26.0. The summed E-state index contributed by atoms with van der Waals surface area (Å²) in [5, 5.41) is 10.8. The summed E-state index contributed by atoms with van der Waals surface area (Å²) in [6.07, 6.45) is -1.06. The quantitative estimate of drug-likeness (QED) is 0.638. The van der Waals surface area contributed by atoms with Gasteiger partial charge in [0.1, 0.15) is 5.75 Å². The van der Waals surface area contributed by atoms with E-state index in [9.17, 15) is 9.90 Å². The van der Waals surface area contributed by atoms with Gasteiger partial charge in [0.15, 0.2) is 5.79 Å². The fourth-order valence-corrected chi connectivity index (χ4v) is 3.47. The number of carbonyl (C=O) groups excluding carboxylic acids is 1. The Hall–Kier alpha value is -1.43. The third kappa shape index (κ3) is 4.64. The molecule has 5 atom stereocenters. The van der Waals surface area contributed by atoms with Gasteiger partial charge in [-0.2, -0.15) is 0 Å². The van der Waals surface area contributed by atoms with Crippen LogP contribution in [0.25, 0.3) is 0 Å². The van der Waals surface area contributed by atoms with E-state index in [1.54, 1.807) is 6.92 Å². The molecule has 1 aromatic carbocycles. The molecule has 0 aliphatic carbocycles. The Morgan fingerprint density at radius 1 is 1.27 bits per heavy atom. The van der Waals surface area contributed by atoms with Crippen molar-refractivity contribution in [2.24, 2.45) is 17.8 Å². The van der Waals surface area contributed by atoms with Crippen molar-refractivity contribution >= 4 is 5.97 Å². The van der Waals surface area contributed by atoms with Gasteiger partial charge in [-0.05, 0) is 45.7 Å². The molecule has 1 heterocycles. The third-order valence-electron chi connectivity index (χ3n) is 5.23. The standard InChI is InChI=1S/C21H32O5/c1-12-9-8-10-13(2)18(12)25-20(23)16(5)17(22)15(4)19-14(3)11-24-21(6,7)26-19/h8-10,14-17,19,22H,11H2,1-7H3/t14-,15+,16+,17+,19-/m0/s1. The van der Waals surface area contributed by atoms with Crippen LogP contribution in [0.2, 0.25) is 0 Å². The van der Waals surface area contributed by atoms with Gasteiger partial charge in [0, 0.05) is 11.8 Å². The summed E-state index contributed by atoms with van der Waals surface area (Å²) in [5.74, 6) is -1.30. The van der Waals surface area contributed by atoms with Crippen LogP contribution in [0.15, 0.2) is 18.2 Å². The van der Waals surface area contributed by atoms with Gasteiger partial charge in [0.25, 0.3) is 0 Å². The van der Waals surface area contributed by atoms with E-state index in [0.717, 1.165) is 11.1 Å². The summed E-state index contributed by atoms with van der Waals surface area (Å²) in [7, 11) is 0. The number of carbonyl (C=O) groups is 1. The molecule has 0 spiro atoms. The molecule has 0 amide bonds. The lowest BCUT2D eigenvalue weighted by atomic mass is 9.83. The van der Waals surface area contributed by atoms with Crippen molar-refractivity contribution in [2.45, 2.75) is 66.5 Å². The van der Waals surface area contributed by atoms with Gasteiger partial charge in [-0.15, -0.1) is 0 Å². The number of ether oxygens (including phenoxy) is 3. The molecule has 0 bridgehead atoms. The molecule has 0 radical (unpaired) electrons. The molecular formula is C21H32O5. The van der Waals surface area contributed by atoms with Gasteiger partial charge >= 0.3 is 5.97 Å². The molecule has 5 heteroatoms. The van der Waals surface area contributed by atoms with E-state index in [-0.39, 0.29) is 17.9 Å². The molecule has 2 rings (SSSR count). The SMILES string of the molecule is Cc1cccc(C)c1OC(=O)[C@H](C)[C@H](O)[C@@H](C)[C@H]1OC(C)(C)OC[C@@H]1C. The smallest absolute Gasteiger partial charge is 0.316 e. The first-order chi connectivity index (χ1) is 12.0. The molecule has 146 valence electrons. The second kappa shape index (κ2) is 8.07. The van der Waals surface area contributed by atoms with Crippen LogP contribution in [0.1, 0.15) is 45.7 Å². The van der Waals surface area contributed by atoms with Crippen molar-refractivity contribution in [3.05, 3.63) is 29.3 Å². The van der Waals surface area contributed by atoms with E-state index >= 15 is 0 Å². The fourth-order valence-electron chi connectivity index (χ4n) is 3.47. The van der Waals surface area contributed by atoms with E-state index in [0.29, 0.717) is 12.4 Å². The molecule has 1 aliphatic rings. The highest BCUT2D eigenvalue weighted by atomic mass is 16.7. The molecule has 1 aromatic rings. The summed E-state index contributed by atoms with van der Waals surface area (Å²) in [5.41, 5.74) is 1.80. The van der Waals surface area contributed by atoms with E-state index < -0.39 is 23.8 Å². The number of esters is 1. The molecule has 0 saturated carbocycles. The van der Waals surface area contributed by atoms with Crippen LogP contribution < -0.4 is 4.74 Å². The lowest BCUT2D eigenvalue weighted by molar-refractivity contribution is -0.304. The van der Waals surface area contributed by atoms with Crippen molar-refractivity contribution in [1.82, 2.24) is 0 Å². The van der Waals surface area contributed by atoms with Crippen LogP contribution in [0.5, 0.6) is 5.75 Å². The minimum absolute atomic E-state index is 0.134. The molecule has 26 heavy (non-hydrogen) atoms.